The number of nitrogens with one attached hydrogen (secondary N) is 1. The van der Waals surface area contributed by atoms with Gasteiger partial charge in [-0.2, -0.15) is 0 Å². The molecular weight excluding hydrogens is 220 g/mol. The highest BCUT2D eigenvalue weighted by Crippen LogP contribution is 2.07. The molecule has 1 rings (SSSR count). The van der Waals surface area contributed by atoms with E-state index in [0.29, 0.717) is 26.4 Å². The molecule has 1 heterocycles. The number of hydrogen-bond donors (Lipinski definition) is 1. The van der Waals surface area contributed by atoms with Crippen molar-refractivity contribution in [3.63, 3.8) is 0 Å². The van der Waals surface area contributed by atoms with Crippen molar-refractivity contribution < 1.29 is 14.0 Å². The standard InChI is InChI=1S/C12H22N2O3/c1-12(2,3)16-6-5-15-9-11-7-10(8-13-4)14-17-11/h7,13H,5-6,8-9H2,1-4H3. The summed E-state index contributed by atoms with van der Waals surface area (Å²) < 4.78 is 16.1. The van der Waals surface area contributed by atoms with E-state index in [1.807, 2.05) is 33.9 Å². The van der Waals surface area contributed by atoms with Crippen molar-refractivity contribution in [2.24, 2.45) is 0 Å². The second-order valence-corrected chi connectivity index (χ2v) is 4.83. The SMILES string of the molecule is CNCc1cc(COCCOC(C)(C)C)on1. The number of ether oxygens (including phenoxy) is 2. The third-order valence-electron chi connectivity index (χ3n) is 1.97. The molecule has 0 radical (unpaired) electrons. The molecule has 0 saturated heterocycles. The zero-order valence-electron chi connectivity index (χ0n) is 11.1. The average molecular weight is 242 g/mol. The van der Waals surface area contributed by atoms with Crippen molar-refractivity contribution >= 4 is 0 Å². The number of aromatic nitrogens is 1. The van der Waals surface area contributed by atoms with Gasteiger partial charge in [-0.15, -0.1) is 0 Å². The number of nitrogens with zero attached hydrogens (tertiary/aromatic N) is 1. The molecule has 0 aliphatic carbocycles. The lowest BCUT2D eigenvalue weighted by Crippen LogP contribution is -2.21. The van der Waals surface area contributed by atoms with Gasteiger partial charge in [0, 0.05) is 12.6 Å². The van der Waals surface area contributed by atoms with E-state index in [1.54, 1.807) is 0 Å². The second kappa shape index (κ2) is 6.74. The molecule has 1 aromatic rings. The van der Waals surface area contributed by atoms with Gasteiger partial charge in [-0.1, -0.05) is 5.16 Å². The van der Waals surface area contributed by atoms with Crippen LogP contribution in [0.25, 0.3) is 0 Å². The normalized spacial score (nSPS) is 12.0. The first kappa shape index (κ1) is 14.2. The molecule has 5 nitrogen and oxygen atoms in total. The van der Waals surface area contributed by atoms with Crippen LogP contribution in [0.5, 0.6) is 0 Å². The van der Waals surface area contributed by atoms with Crippen molar-refractivity contribution in [2.75, 3.05) is 20.3 Å². The zero-order chi connectivity index (χ0) is 12.7. The molecule has 98 valence electrons. The Morgan fingerprint density at radius 3 is 2.76 bits per heavy atom. The Balaban J connectivity index is 2.13. The molecule has 0 aliphatic rings. The summed E-state index contributed by atoms with van der Waals surface area (Å²) in [6, 6.07) is 1.89. The second-order valence-electron chi connectivity index (χ2n) is 4.83. The van der Waals surface area contributed by atoms with Gasteiger partial charge in [0.1, 0.15) is 6.61 Å². The number of hydrogen-bond acceptors (Lipinski definition) is 5. The lowest BCUT2D eigenvalue weighted by atomic mass is 10.2. The van der Waals surface area contributed by atoms with E-state index >= 15 is 0 Å². The molecule has 17 heavy (non-hydrogen) atoms. The van der Waals surface area contributed by atoms with Gasteiger partial charge in [-0.05, 0) is 27.8 Å². The van der Waals surface area contributed by atoms with E-state index in [9.17, 15) is 0 Å². The quantitative estimate of drug-likeness (QED) is 0.738. The first-order chi connectivity index (χ1) is 8.01. The van der Waals surface area contributed by atoms with Crippen molar-refractivity contribution in [2.45, 2.75) is 39.5 Å². The van der Waals surface area contributed by atoms with Gasteiger partial charge in [-0.25, -0.2) is 0 Å². The minimum atomic E-state index is -0.116. The smallest absolute Gasteiger partial charge is 0.162 e. The van der Waals surface area contributed by atoms with Crippen LogP contribution in [0.1, 0.15) is 32.2 Å². The molecule has 0 spiro atoms. The molecule has 0 unspecified atom stereocenters. The predicted octanol–water partition coefficient (Wildman–Crippen LogP) is 1.73. The molecule has 0 fully saturated rings. The van der Waals surface area contributed by atoms with E-state index in [4.69, 9.17) is 14.0 Å². The van der Waals surface area contributed by atoms with Crippen LogP contribution >= 0.6 is 0 Å². The summed E-state index contributed by atoms with van der Waals surface area (Å²) in [5.41, 5.74) is 0.771. The Hall–Kier alpha value is -0.910. The van der Waals surface area contributed by atoms with Gasteiger partial charge in [0.2, 0.25) is 0 Å². The highest BCUT2D eigenvalue weighted by atomic mass is 16.5. The monoisotopic (exact) mass is 242 g/mol. The van der Waals surface area contributed by atoms with Gasteiger partial charge < -0.3 is 19.3 Å². The molecule has 0 saturated carbocycles. The fraction of sp³-hybridized carbons (Fsp3) is 0.750. The van der Waals surface area contributed by atoms with Gasteiger partial charge in [0.25, 0.3) is 0 Å². The summed E-state index contributed by atoms with van der Waals surface area (Å²) >= 11 is 0. The Bertz CT molecular complexity index is 318. The maximum Gasteiger partial charge on any atom is 0.162 e. The predicted molar refractivity (Wildman–Crippen MR) is 64.6 cm³/mol. The van der Waals surface area contributed by atoms with Crippen molar-refractivity contribution in [3.05, 3.63) is 17.5 Å². The largest absolute Gasteiger partial charge is 0.373 e. The van der Waals surface area contributed by atoms with Gasteiger partial charge in [-0.3, -0.25) is 0 Å². The van der Waals surface area contributed by atoms with Crippen molar-refractivity contribution in [3.8, 4) is 0 Å². The zero-order valence-corrected chi connectivity index (χ0v) is 11.1. The molecule has 1 N–H and O–H groups in total. The Kier molecular flexibility index (Phi) is 5.61. The molecule has 0 bridgehead atoms. The molecule has 1 aromatic heterocycles. The first-order valence-corrected chi connectivity index (χ1v) is 5.82. The van der Waals surface area contributed by atoms with Crippen LogP contribution in [0.3, 0.4) is 0 Å². The van der Waals surface area contributed by atoms with Gasteiger partial charge in [0.05, 0.1) is 24.5 Å². The molecule has 0 aromatic carbocycles. The Morgan fingerprint density at radius 2 is 2.12 bits per heavy atom. The van der Waals surface area contributed by atoms with Crippen LogP contribution < -0.4 is 5.32 Å². The van der Waals surface area contributed by atoms with E-state index in [0.717, 1.165) is 11.5 Å². The number of rotatable bonds is 7. The van der Waals surface area contributed by atoms with Crippen LogP contribution in [0.15, 0.2) is 10.6 Å². The van der Waals surface area contributed by atoms with Crippen LogP contribution in [-0.4, -0.2) is 31.0 Å². The van der Waals surface area contributed by atoms with E-state index in [2.05, 4.69) is 10.5 Å². The minimum Gasteiger partial charge on any atom is -0.373 e. The highest BCUT2D eigenvalue weighted by molar-refractivity contribution is 5.03. The molecule has 0 amide bonds. The summed E-state index contributed by atoms with van der Waals surface area (Å²) in [5, 5.41) is 6.90. The Labute approximate surface area is 102 Å². The Morgan fingerprint density at radius 1 is 1.35 bits per heavy atom. The summed E-state index contributed by atoms with van der Waals surface area (Å²) in [7, 11) is 1.87. The van der Waals surface area contributed by atoms with Crippen LogP contribution in [0, 0.1) is 0 Å². The van der Waals surface area contributed by atoms with E-state index < -0.39 is 0 Å². The fourth-order valence-corrected chi connectivity index (χ4v) is 1.27. The molecular formula is C12H22N2O3. The average Bonchev–Trinajstić information content (AvgIpc) is 2.64. The van der Waals surface area contributed by atoms with Crippen LogP contribution in [0.4, 0.5) is 0 Å². The molecule has 5 heteroatoms. The molecule has 0 atom stereocenters. The first-order valence-electron chi connectivity index (χ1n) is 5.82. The van der Waals surface area contributed by atoms with Crippen LogP contribution in [-0.2, 0) is 22.6 Å². The highest BCUT2D eigenvalue weighted by Gasteiger charge is 2.09. The van der Waals surface area contributed by atoms with E-state index in [1.165, 1.54) is 0 Å². The lowest BCUT2D eigenvalue weighted by molar-refractivity contribution is -0.0398. The maximum absolute atomic E-state index is 5.53. The molecule has 0 aliphatic heterocycles. The minimum absolute atomic E-state index is 0.116. The summed E-state index contributed by atoms with van der Waals surface area (Å²) in [5.74, 6) is 0.742. The van der Waals surface area contributed by atoms with Crippen molar-refractivity contribution in [1.29, 1.82) is 0 Å². The topological polar surface area (TPSA) is 56.5 Å². The van der Waals surface area contributed by atoms with Gasteiger partial charge >= 0.3 is 0 Å². The summed E-state index contributed by atoms with van der Waals surface area (Å²) in [6.45, 7) is 8.34. The lowest BCUT2D eigenvalue weighted by Gasteiger charge is -2.19. The summed E-state index contributed by atoms with van der Waals surface area (Å²) in [6.07, 6.45) is 0. The van der Waals surface area contributed by atoms with Crippen molar-refractivity contribution in [1.82, 2.24) is 10.5 Å². The third-order valence-corrected chi connectivity index (χ3v) is 1.97. The van der Waals surface area contributed by atoms with E-state index in [-0.39, 0.29) is 5.60 Å². The third kappa shape index (κ3) is 6.41. The van der Waals surface area contributed by atoms with Crippen LogP contribution in [0.2, 0.25) is 0 Å². The maximum atomic E-state index is 5.53. The van der Waals surface area contributed by atoms with Gasteiger partial charge in [0.15, 0.2) is 5.76 Å². The summed E-state index contributed by atoms with van der Waals surface area (Å²) in [4.78, 5) is 0. The fourth-order valence-electron chi connectivity index (χ4n) is 1.27.